The van der Waals surface area contributed by atoms with E-state index in [1.165, 1.54) is 11.3 Å². The lowest BCUT2D eigenvalue weighted by molar-refractivity contribution is -0.138. The Morgan fingerprint density at radius 3 is 2.41 bits per heavy atom. The molecule has 0 saturated carbocycles. The molecule has 1 aromatic carbocycles. The van der Waals surface area contributed by atoms with Crippen LogP contribution in [0.15, 0.2) is 42.6 Å². The van der Waals surface area contributed by atoms with Gasteiger partial charge in [0.05, 0.1) is 18.5 Å². The van der Waals surface area contributed by atoms with Gasteiger partial charge in [-0.15, -0.1) is 0 Å². The second kappa shape index (κ2) is 11.5. The number of carbonyl (C=O) groups is 1. The third-order valence-electron chi connectivity index (χ3n) is 4.54. The van der Waals surface area contributed by atoms with E-state index < -0.39 is 0 Å². The molecule has 0 atom stereocenters. The minimum Gasteiger partial charge on any atom is -0.462 e. The summed E-state index contributed by atoms with van der Waals surface area (Å²) >= 11 is 0. The number of aliphatic hydroxyl groups is 1. The number of piperazine rings is 1. The standard InChI is InChI=1S/C18H23N3O.C5H10O2/c22-14-16-3-1-2-15(12-16)4-5-17-6-7-18(13-20-17)21-10-8-19-9-11-21;1-5(2,3)7-4-6/h1-3,6-7,12-13,19,22H,4-5,8-11,14H2;4H,1-3H3. The molecule has 2 N–H and O–H groups in total. The van der Waals surface area contributed by atoms with E-state index in [1.54, 1.807) is 0 Å². The fourth-order valence-electron chi connectivity index (χ4n) is 2.97. The second-order valence-electron chi connectivity index (χ2n) is 8.05. The van der Waals surface area contributed by atoms with E-state index in [1.807, 2.05) is 39.1 Å². The van der Waals surface area contributed by atoms with Crippen molar-refractivity contribution >= 4 is 12.2 Å². The van der Waals surface area contributed by atoms with Gasteiger partial charge in [-0.3, -0.25) is 9.78 Å². The SMILES string of the molecule is CC(C)(C)OC=O.OCc1cccc(CCc2ccc(N3CCNCC3)cn2)c1. The number of hydrogen-bond donors (Lipinski definition) is 2. The van der Waals surface area contributed by atoms with E-state index >= 15 is 0 Å². The van der Waals surface area contributed by atoms with Gasteiger partial charge in [0.25, 0.3) is 6.47 Å². The molecule has 29 heavy (non-hydrogen) atoms. The van der Waals surface area contributed by atoms with Crippen molar-refractivity contribution < 1.29 is 14.6 Å². The number of aromatic nitrogens is 1. The van der Waals surface area contributed by atoms with Crippen LogP contribution in [-0.2, 0) is 29.0 Å². The Morgan fingerprint density at radius 1 is 1.14 bits per heavy atom. The number of aryl methyl sites for hydroxylation is 2. The van der Waals surface area contributed by atoms with Crippen molar-refractivity contribution in [3.8, 4) is 0 Å². The number of carbonyl (C=O) groups excluding carboxylic acids is 1. The molecule has 0 amide bonds. The number of benzene rings is 1. The summed E-state index contributed by atoms with van der Waals surface area (Å²) in [5.41, 5.74) is 4.24. The fraction of sp³-hybridized carbons (Fsp3) is 0.478. The van der Waals surface area contributed by atoms with E-state index in [4.69, 9.17) is 0 Å². The predicted molar refractivity (Wildman–Crippen MR) is 116 cm³/mol. The highest BCUT2D eigenvalue weighted by atomic mass is 16.5. The average Bonchev–Trinajstić information content (AvgIpc) is 2.73. The number of ether oxygens (including phenoxy) is 1. The Bertz CT molecular complexity index is 736. The van der Waals surface area contributed by atoms with E-state index in [9.17, 15) is 9.90 Å². The summed E-state index contributed by atoms with van der Waals surface area (Å²) in [6, 6.07) is 12.4. The molecule has 0 radical (unpaired) electrons. The molecular formula is C23H33N3O3. The molecular weight excluding hydrogens is 366 g/mol. The Balaban J connectivity index is 0.000000370. The van der Waals surface area contributed by atoms with E-state index in [0.717, 1.165) is 50.3 Å². The zero-order valence-corrected chi connectivity index (χ0v) is 17.7. The van der Waals surface area contributed by atoms with Gasteiger partial charge in [0, 0.05) is 31.9 Å². The monoisotopic (exact) mass is 399 g/mol. The molecule has 1 aliphatic heterocycles. The number of rotatable bonds is 6. The third kappa shape index (κ3) is 8.62. The van der Waals surface area contributed by atoms with Crippen LogP contribution in [0.5, 0.6) is 0 Å². The summed E-state index contributed by atoms with van der Waals surface area (Å²) in [5.74, 6) is 0. The van der Waals surface area contributed by atoms with Gasteiger partial charge in [0.15, 0.2) is 0 Å². The molecule has 2 heterocycles. The van der Waals surface area contributed by atoms with Gasteiger partial charge < -0.3 is 20.1 Å². The van der Waals surface area contributed by atoms with Crippen LogP contribution < -0.4 is 10.2 Å². The summed E-state index contributed by atoms with van der Waals surface area (Å²) in [7, 11) is 0. The average molecular weight is 400 g/mol. The summed E-state index contributed by atoms with van der Waals surface area (Å²) < 4.78 is 4.55. The molecule has 158 valence electrons. The molecule has 3 rings (SSSR count). The lowest BCUT2D eigenvalue weighted by Crippen LogP contribution is -2.43. The molecule has 1 saturated heterocycles. The Morgan fingerprint density at radius 2 is 1.86 bits per heavy atom. The van der Waals surface area contributed by atoms with Crippen molar-refractivity contribution in [1.29, 1.82) is 0 Å². The van der Waals surface area contributed by atoms with Gasteiger partial charge in [0.2, 0.25) is 0 Å². The summed E-state index contributed by atoms with van der Waals surface area (Å²) in [5, 5.41) is 12.5. The van der Waals surface area contributed by atoms with E-state index in [-0.39, 0.29) is 12.2 Å². The van der Waals surface area contributed by atoms with Crippen molar-refractivity contribution in [1.82, 2.24) is 10.3 Å². The lowest BCUT2D eigenvalue weighted by atomic mass is 10.1. The Labute approximate surface area is 173 Å². The maximum atomic E-state index is 9.60. The molecule has 0 unspecified atom stereocenters. The normalized spacial score (nSPS) is 14.0. The van der Waals surface area contributed by atoms with Gasteiger partial charge in [-0.2, -0.15) is 0 Å². The molecule has 1 aliphatic rings. The van der Waals surface area contributed by atoms with Crippen LogP contribution in [0.4, 0.5) is 5.69 Å². The summed E-state index contributed by atoms with van der Waals surface area (Å²) in [6.45, 7) is 10.2. The van der Waals surface area contributed by atoms with Crippen molar-refractivity contribution in [2.24, 2.45) is 0 Å². The topological polar surface area (TPSA) is 74.7 Å². The minimum atomic E-state index is -0.318. The molecule has 1 fully saturated rings. The number of hydrogen-bond acceptors (Lipinski definition) is 6. The fourth-order valence-corrected chi connectivity index (χ4v) is 2.97. The van der Waals surface area contributed by atoms with Crippen molar-refractivity contribution in [3.05, 3.63) is 59.4 Å². The first-order chi connectivity index (χ1) is 13.9. The maximum Gasteiger partial charge on any atom is 0.293 e. The van der Waals surface area contributed by atoms with Crippen LogP contribution in [0.2, 0.25) is 0 Å². The molecule has 0 bridgehead atoms. The molecule has 6 nitrogen and oxygen atoms in total. The van der Waals surface area contributed by atoms with Crippen molar-refractivity contribution in [3.63, 3.8) is 0 Å². The summed E-state index contributed by atoms with van der Waals surface area (Å²) in [4.78, 5) is 16.6. The Hall–Kier alpha value is -2.44. The highest BCUT2D eigenvalue weighted by Crippen LogP contribution is 2.15. The van der Waals surface area contributed by atoms with Gasteiger partial charge in [-0.25, -0.2) is 0 Å². The smallest absolute Gasteiger partial charge is 0.293 e. The van der Waals surface area contributed by atoms with E-state index in [0.29, 0.717) is 6.47 Å². The first-order valence-electron chi connectivity index (χ1n) is 10.1. The summed E-state index contributed by atoms with van der Waals surface area (Å²) in [6.07, 6.45) is 3.87. The van der Waals surface area contributed by atoms with Crippen LogP contribution in [0.3, 0.4) is 0 Å². The number of nitrogens with zero attached hydrogens (tertiary/aromatic N) is 2. The first kappa shape index (κ1) is 22.8. The molecule has 0 spiro atoms. The van der Waals surface area contributed by atoms with Crippen LogP contribution in [0, 0.1) is 0 Å². The predicted octanol–water partition coefficient (Wildman–Crippen LogP) is 2.73. The highest BCUT2D eigenvalue weighted by molar-refractivity contribution is 5.45. The molecule has 0 aliphatic carbocycles. The van der Waals surface area contributed by atoms with Crippen molar-refractivity contribution in [2.75, 3.05) is 31.1 Å². The first-order valence-corrected chi connectivity index (χ1v) is 10.1. The van der Waals surface area contributed by atoms with Gasteiger partial charge in [0.1, 0.15) is 5.60 Å². The largest absolute Gasteiger partial charge is 0.462 e. The minimum absolute atomic E-state index is 0.103. The van der Waals surface area contributed by atoms with Gasteiger partial charge in [-0.05, 0) is 56.9 Å². The van der Waals surface area contributed by atoms with Gasteiger partial charge in [-0.1, -0.05) is 24.3 Å². The van der Waals surface area contributed by atoms with Gasteiger partial charge >= 0.3 is 0 Å². The molecule has 6 heteroatoms. The number of anilines is 1. The molecule has 1 aromatic heterocycles. The van der Waals surface area contributed by atoms with Crippen molar-refractivity contribution in [2.45, 2.75) is 45.8 Å². The zero-order chi connectivity index (χ0) is 21.1. The number of nitrogens with one attached hydrogen (secondary N) is 1. The zero-order valence-electron chi connectivity index (χ0n) is 17.7. The quantitative estimate of drug-likeness (QED) is 0.728. The van der Waals surface area contributed by atoms with E-state index in [2.05, 4.69) is 44.2 Å². The number of aliphatic hydroxyl groups excluding tert-OH is 1. The molecule has 2 aromatic rings. The number of pyridine rings is 1. The van der Waals surface area contributed by atoms with Crippen LogP contribution in [0.25, 0.3) is 0 Å². The maximum absolute atomic E-state index is 9.60. The lowest BCUT2D eigenvalue weighted by Gasteiger charge is -2.29. The second-order valence-corrected chi connectivity index (χ2v) is 8.05. The Kier molecular flexibility index (Phi) is 9.09. The highest BCUT2D eigenvalue weighted by Gasteiger charge is 2.10. The third-order valence-corrected chi connectivity index (χ3v) is 4.54. The van der Waals surface area contributed by atoms with Crippen LogP contribution in [-0.4, -0.2) is 48.3 Å². The van der Waals surface area contributed by atoms with Crippen LogP contribution >= 0.6 is 0 Å². The van der Waals surface area contributed by atoms with Crippen LogP contribution in [0.1, 0.15) is 37.6 Å².